The maximum atomic E-state index is 11.6. The van der Waals surface area contributed by atoms with Gasteiger partial charge in [-0.2, -0.15) is 0 Å². The standard InChI is InChI=1S/C12H24N2O3/c1-7-14(10(2)15)9-8-13(6)11(16)17-12(3,4)5/h7-9H2,1-6H3. The van der Waals surface area contributed by atoms with Gasteiger partial charge in [0.15, 0.2) is 0 Å². The third-order valence-electron chi connectivity index (χ3n) is 2.24. The van der Waals surface area contributed by atoms with E-state index in [2.05, 4.69) is 0 Å². The molecule has 5 nitrogen and oxygen atoms in total. The molecule has 0 atom stereocenters. The van der Waals surface area contributed by atoms with Gasteiger partial charge in [-0.05, 0) is 27.7 Å². The molecule has 100 valence electrons. The van der Waals surface area contributed by atoms with E-state index in [-0.39, 0.29) is 12.0 Å². The number of carbonyl (C=O) groups excluding carboxylic acids is 2. The Morgan fingerprint density at radius 3 is 2.06 bits per heavy atom. The molecule has 17 heavy (non-hydrogen) atoms. The van der Waals surface area contributed by atoms with E-state index >= 15 is 0 Å². The van der Waals surface area contributed by atoms with Gasteiger partial charge in [-0.25, -0.2) is 4.79 Å². The highest BCUT2D eigenvalue weighted by atomic mass is 16.6. The first-order valence-corrected chi connectivity index (χ1v) is 5.87. The quantitative estimate of drug-likeness (QED) is 0.756. The molecule has 0 unspecified atom stereocenters. The highest BCUT2D eigenvalue weighted by molar-refractivity contribution is 5.73. The summed E-state index contributed by atoms with van der Waals surface area (Å²) in [6.07, 6.45) is -0.364. The molecule has 0 bridgehead atoms. The molecule has 5 heteroatoms. The van der Waals surface area contributed by atoms with Crippen LogP contribution in [-0.2, 0) is 9.53 Å². The summed E-state index contributed by atoms with van der Waals surface area (Å²) in [5.41, 5.74) is -0.490. The van der Waals surface area contributed by atoms with Crippen LogP contribution in [0.15, 0.2) is 0 Å². The van der Waals surface area contributed by atoms with Crippen LogP contribution in [0.25, 0.3) is 0 Å². The molecule has 0 aromatic heterocycles. The Kier molecular flexibility index (Phi) is 5.99. The average Bonchev–Trinajstić information content (AvgIpc) is 2.15. The van der Waals surface area contributed by atoms with Gasteiger partial charge in [-0.1, -0.05) is 0 Å². The lowest BCUT2D eigenvalue weighted by Crippen LogP contribution is -2.40. The predicted octanol–water partition coefficient (Wildman–Crippen LogP) is 1.72. The molecule has 0 aliphatic heterocycles. The van der Waals surface area contributed by atoms with Gasteiger partial charge >= 0.3 is 6.09 Å². The van der Waals surface area contributed by atoms with Crippen molar-refractivity contribution in [1.82, 2.24) is 9.80 Å². The number of nitrogens with zero attached hydrogens (tertiary/aromatic N) is 2. The van der Waals surface area contributed by atoms with Crippen LogP contribution in [0.3, 0.4) is 0 Å². The zero-order chi connectivity index (χ0) is 13.6. The SMILES string of the molecule is CCN(CCN(C)C(=O)OC(C)(C)C)C(C)=O. The lowest BCUT2D eigenvalue weighted by Gasteiger charge is -2.26. The van der Waals surface area contributed by atoms with Crippen LogP contribution in [0.2, 0.25) is 0 Å². The van der Waals surface area contributed by atoms with Crippen molar-refractivity contribution in [2.24, 2.45) is 0 Å². The number of hydrogen-bond donors (Lipinski definition) is 0. The number of ether oxygens (including phenoxy) is 1. The third-order valence-corrected chi connectivity index (χ3v) is 2.24. The number of likely N-dealkylation sites (N-methyl/N-ethyl adjacent to an activating group) is 2. The highest BCUT2D eigenvalue weighted by Gasteiger charge is 2.19. The molecular formula is C12H24N2O3. The van der Waals surface area contributed by atoms with Gasteiger partial charge in [0, 0.05) is 33.6 Å². The summed E-state index contributed by atoms with van der Waals surface area (Å²) in [6, 6.07) is 0. The van der Waals surface area contributed by atoms with E-state index in [4.69, 9.17) is 4.74 Å². The molecule has 0 rings (SSSR count). The Balaban J connectivity index is 4.13. The van der Waals surface area contributed by atoms with Crippen molar-refractivity contribution in [1.29, 1.82) is 0 Å². The Hall–Kier alpha value is -1.26. The predicted molar refractivity (Wildman–Crippen MR) is 66.8 cm³/mol. The van der Waals surface area contributed by atoms with Gasteiger partial charge in [0.05, 0.1) is 0 Å². The first kappa shape index (κ1) is 15.7. The molecule has 0 aromatic rings. The Bertz CT molecular complexity index is 271. The zero-order valence-corrected chi connectivity index (χ0v) is 11.7. The minimum atomic E-state index is -0.490. The van der Waals surface area contributed by atoms with E-state index in [1.807, 2.05) is 27.7 Å². The second-order valence-electron chi connectivity index (χ2n) is 5.00. The van der Waals surface area contributed by atoms with Crippen LogP contribution in [0.5, 0.6) is 0 Å². The van der Waals surface area contributed by atoms with E-state index in [1.165, 1.54) is 11.8 Å². The van der Waals surface area contributed by atoms with Crippen LogP contribution < -0.4 is 0 Å². The van der Waals surface area contributed by atoms with Crippen LogP contribution >= 0.6 is 0 Å². The van der Waals surface area contributed by atoms with Crippen LogP contribution in [0.1, 0.15) is 34.6 Å². The van der Waals surface area contributed by atoms with Crippen molar-refractivity contribution in [2.45, 2.75) is 40.2 Å². The normalized spacial score (nSPS) is 10.9. The fourth-order valence-electron chi connectivity index (χ4n) is 1.24. The molecule has 0 radical (unpaired) electrons. The number of rotatable bonds is 4. The smallest absolute Gasteiger partial charge is 0.410 e. The van der Waals surface area contributed by atoms with Gasteiger partial charge in [-0.15, -0.1) is 0 Å². The summed E-state index contributed by atoms with van der Waals surface area (Å²) >= 11 is 0. The van der Waals surface area contributed by atoms with Crippen LogP contribution in [0, 0.1) is 0 Å². The summed E-state index contributed by atoms with van der Waals surface area (Å²) in [5, 5.41) is 0. The first-order chi connectivity index (χ1) is 7.67. The van der Waals surface area contributed by atoms with Crippen molar-refractivity contribution in [2.75, 3.05) is 26.7 Å². The average molecular weight is 244 g/mol. The number of amides is 2. The molecule has 0 aliphatic rings. The highest BCUT2D eigenvalue weighted by Crippen LogP contribution is 2.08. The van der Waals surface area contributed by atoms with Gasteiger partial charge in [0.2, 0.25) is 5.91 Å². The molecule has 0 heterocycles. The summed E-state index contributed by atoms with van der Waals surface area (Å²) in [6.45, 7) is 10.6. The van der Waals surface area contributed by atoms with Gasteiger partial charge in [-0.3, -0.25) is 4.79 Å². The molecule has 0 aromatic carbocycles. The molecule has 0 saturated carbocycles. The summed E-state index contributed by atoms with van der Waals surface area (Å²) in [5.74, 6) is 0.0186. The second-order valence-corrected chi connectivity index (χ2v) is 5.00. The second kappa shape index (κ2) is 6.47. The van der Waals surface area contributed by atoms with Crippen molar-refractivity contribution >= 4 is 12.0 Å². The Morgan fingerprint density at radius 2 is 1.71 bits per heavy atom. The lowest BCUT2D eigenvalue weighted by molar-refractivity contribution is -0.128. The van der Waals surface area contributed by atoms with Gasteiger partial charge in [0.1, 0.15) is 5.60 Å². The van der Waals surface area contributed by atoms with E-state index in [1.54, 1.807) is 11.9 Å². The van der Waals surface area contributed by atoms with E-state index in [0.717, 1.165) is 0 Å². The van der Waals surface area contributed by atoms with E-state index < -0.39 is 5.60 Å². The number of carbonyl (C=O) groups is 2. The monoisotopic (exact) mass is 244 g/mol. The molecule has 0 spiro atoms. The van der Waals surface area contributed by atoms with Crippen molar-refractivity contribution in [3.63, 3.8) is 0 Å². The first-order valence-electron chi connectivity index (χ1n) is 5.87. The molecule has 0 fully saturated rings. The van der Waals surface area contributed by atoms with Gasteiger partial charge in [0.25, 0.3) is 0 Å². The van der Waals surface area contributed by atoms with Crippen molar-refractivity contribution in [3.8, 4) is 0 Å². The lowest BCUT2D eigenvalue weighted by atomic mass is 10.2. The molecule has 0 aliphatic carbocycles. The summed E-state index contributed by atoms with van der Waals surface area (Å²) in [7, 11) is 1.67. The minimum absolute atomic E-state index is 0.0186. The number of hydrogen-bond acceptors (Lipinski definition) is 3. The van der Waals surface area contributed by atoms with E-state index in [9.17, 15) is 9.59 Å². The van der Waals surface area contributed by atoms with Crippen LogP contribution in [-0.4, -0.2) is 54.1 Å². The van der Waals surface area contributed by atoms with E-state index in [0.29, 0.717) is 19.6 Å². The fourth-order valence-corrected chi connectivity index (χ4v) is 1.24. The molecule has 0 N–H and O–H groups in total. The minimum Gasteiger partial charge on any atom is -0.444 e. The summed E-state index contributed by atoms with van der Waals surface area (Å²) < 4.78 is 5.21. The van der Waals surface area contributed by atoms with Crippen LogP contribution in [0.4, 0.5) is 4.79 Å². The zero-order valence-electron chi connectivity index (χ0n) is 11.7. The maximum Gasteiger partial charge on any atom is 0.410 e. The largest absolute Gasteiger partial charge is 0.444 e. The van der Waals surface area contributed by atoms with Crippen molar-refractivity contribution in [3.05, 3.63) is 0 Å². The Labute approximate surface area is 104 Å². The van der Waals surface area contributed by atoms with Crippen molar-refractivity contribution < 1.29 is 14.3 Å². The third kappa shape index (κ3) is 6.81. The molecule has 2 amide bonds. The molecular weight excluding hydrogens is 220 g/mol. The van der Waals surface area contributed by atoms with Gasteiger partial charge < -0.3 is 14.5 Å². The summed E-state index contributed by atoms with van der Waals surface area (Å²) in [4.78, 5) is 26.0. The maximum absolute atomic E-state index is 11.6. The topological polar surface area (TPSA) is 49.9 Å². The fraction of sp³-hybridized carbons (Fsp3) is 0.833. The Morgan fingerprint density at radius 1 is 1.18 bits per heavy atom. The molecule has 0 saturated heterocycles.